The molecule has 1 aliphatic rings. The third-order valence-corrected chi connectivity index (χ3v) is 3.35. The molecule has 1 heterocycles. The fourth-order valence-electron chi connectivity index (χ4n) is 2.47. The fourth-order valence-corrected chi connectivity index (χ4v) is 2.47. The third-order valence-electron chi connectivity index (χ3n) is 3.35. The van der Waals surface area contributed by atoms with Gasteiger partial charge >= 0.3 is 12.0 Å². The first kappa shape index (κ1) is 15.8. The Morgan fingerprint density at radius 1 is 1.42 bits per heavy atom. The molecule has 2 amide bonds. The fraction of sp³-hybridized carbons (Fsp3) is 0.846. The van der Waals surface area contributed by atoms with Gasteiger partial charge in [-0.05, 0) is 32.6 Å². The maximum Gasteiger partial charge on any atom is 0.326 e. The van der Waals surface area contributed by atoms with Crippen LogP contribution < -0.4 is 0 Å². The van der Waals surface area contributed by atoms with Crippen LogP contribution in [0, 0.1) is 5.92 Å². The summed E-state index contributed by atoms with van der Waals surface area (Å²) in [7, 11) is 1.58. The van der Waals surface area contributed by atoms with Crippen LogP contribution in [0.25, 0.3) is 0 Å². The van der Waals surface area contributed by atoms with E-state index in [1.54, 1.807) is 20.9 Å². The van der Waals surface area contributed by atoms with Crippen LogP contribution in [0.15, 0.2) is 0 Å². The number of carboxylic acids is 1. The Morgan fingerprint density at radius 2 is 2.00 bits per heavy atom. The summed E-state index contributed by atoms with van der Waals surface area (Å²) in [5.74, 6) is -0.652. The molecule has 2 N–H and O–H groups in total. The second kappa shape index (κ2) is 5.77. The molecule has 19 heavy (non-hydrogen) atoms. The van der Waals surface area contributed by atoms with Crippen LogP contribution in [-0.4, -0.2) is 63.8 Å². The summed E-state index contributed by atoms with van der Waals surface area (Å²) in [5.41, 5.74) is -0.994. The molecule has 6 nitrogen and oxygen atoms in total. The van der Waals surface area contributed by atoms with Gasteiger partial charge in [-0.2, -0.15) is 0 Å². The molecule has 110 valence electrons. The number of carbonyl (C=O) groups is 2. The van der Waals surface area contributed by atoms with Crippen molar-refractivity contribution >= 4 is 12.0 Å². The number of amides is 2. The van der Waals surface area contributed by atoms with Crippen LogP contribution in [0.5, 0.6) is 0 Å². The summed E-state index contributed by atoms with van der Waals surface area (Å²) in [5, 5.41) is 19.0. The van der Waals surface area contributed by atoms with Crippen LogP contribution in [-0.2, 0) is 4.79 Å². The van der Waals surface area contributed by atoms with E-state index in [4.69, 9.17) is 0 Å². The van der Waals surface area contributed by atoms with Gasteiger partial charge in [-0.15, -0.1) is 0 Å². The normalized spacial score (nSPS) is 24.2. The molecule has 0 aliphatic carbocycles. The molecule has 0 spiro atoms. The highest BCUT2D eigenvalue weighted by Gasteiger charge is 2.36. The first-order chi connectivity index (χ1) is 8.61. The van der Waals surface area contributed by atoms with Crippen molar-refractivity contribution in [3.05, 3.63) is 0 Å². The van der Waals surface area contributed by atoms with E-state index in [0.717, 1.165) is 6.42 Å². The first-order valence-electron chi connectivity index (χ1n) is 6.58. The van der Waals surface area contributed by atoms with E-state index in [-0.39, 0.29) is 12.6 Å². The molecule has 1 rings (SSSR count). The maximum atomic E-state index is 12.3. The van der Waals surface area contributed by atoms with E-state index in [1.807, 2.05) is 6.92 Å². The zero-order valence-corrected chi connectivity index (χ0v) is 12.1. The monoisotopic (exact) mass is 272 g/mol. The van der Waals surface area contributed by atoms with Gasteiger partial charge in [0, 0.05) is 13.6 Å². The van der Waals surface area contributed by atoms with Crippen molar-refractivity contribution in [2.24, 2.45) is 5.92 Å². The number of aliphatic carboxylic acids is 1. The van der Waals surface area contributed by atoms with Crippen LogP contribution in [0.4, 0.5) is 4.79 Å². The molecule has 1 saturated heterocycles. The largest absolute Gasteiger partial charge is 0.480 e. The Balaban J connectivity index is 2.76. The van der Waals surface area contributed by atoms with E-state index in [2.05, 4.69) is 0 Å². The lowest BCUT2D eigenvalue weighted by molar-refractivity contribution is -0.144. The molecular formula is C13H24N2O4. The zero-order valence-electron chi connectivity index (χ0n) is 12.1. The number of hydrogen-bond donors (Lipinski definition) is 2. The molecule has 1 fully saturated rings. The molecule has 0 saturated carbocycles. The predicted octanol–water partition coefficient (Wildman–Crippen LogP) is 0.994. The Hall–Kier alpha value is -1.30. The number of hydrogen-bond acceptors (Lipinski definition) is 3. The number of urea groups is 1. The van der Waals surface area contributed by atoms with Gasteiger partial charge < -0.3 is 20.0 Å². The van der Waals surface area contributed by atoms with Gasteiger partial charge in [0.2, 0.25) is 0 Å². The number of nitrogens with zero attached hydrogens (tertiary/aromatic N) is 2. The highest BCUT2D eigenvalue weighted by Crippen LogP contribution is 2.24. The quantitative estimate of drug-likeness (QED) is 0.803. The molecule has 6 heteroatoms. The second-order valence-electron chi connectivity index (χ2n) is 6.13. The minimum Gasteiger partial charge on any atom is -0.480 e. The van der Waals surface area contributed by atoms with E-state index >= 15 is 0 Å². The SMILES string of the molecule is CC1CCN(C(=O)N(C)CC(C)(C)O)C(C(=O)O)C1. The Morgan fingerprint density at radius 3 is 2.47 bits per heavy atom. The Labute approximate surface area is 114 Å². The van der Waals surface area contributed by atoms with Gasteiger partial charge in [0.1, 0.15) is 6.04 Å². The molecule has 0 radical (unpaired) electrons. The predicted molar refractivity (Wildman–Crippen MR) is 70.9 cm³/mol. The highest BCUT2D eigenvalue weighted by atomic mass is 16.4. The minimum atomic E-state index is -0.994. The number of rotatable bonds is 3. The first-order valence-corrected chi connectivity index (χ1v) is 6.58. The molecule has 0 bridgehead atoms. The van der Waals surface area contributed by atoms with Crippen LogP contribution in [0.2, 0.25) is 0 Å². The summed E-state index contributed by atoms with van der Waals surface area (Å²) in [6.07, 6.45) is 1.29. The molecule has 0 aromatic carbocycles. The van der Waals surface area contributed by atoms with Gasteiger partial charge in [-0.25, -0.2) is 9.59 Å². The zero-order chi connectivity index (χ0) is 14.8. The second-order valence-corrected chi connectivity index (χ2v) is 6.13. The molecule has 2 unspecified atom stereocenters. The van der Waals surface area contributed by atoms with Crippen molar-refractivity contribution in [2.75, 3.05) is 20.1 Å². The Kier molecular flexibility index (Phi) is 4.79. The van der Waals surface area contributed by atoms with Gasteiger partial charge in [-0.3, -0.25) is 0 Å². The lowest BCUT2D eigenvalue weighted by atomic mass is 9.92. The van der Waals surface area contributed by atoms with E-state index in [9.17, 15) is 19.8 Å². The van der Waals surface area contributed by atoms with Crippen LogP contribution in [0.1, 0.15) is 33.6 Å². The van der Waals surface area contributed by atoms with Gasteiger partial charge in [0.05, 0.1) is 12.1 Å². The number of aliphatic hydroxyl groups is 1. The molecule has 0 aromatic heterocycles. The average molecular weight is 272 g/mol. The van der Waals surface area contributed by atoms with Crippen molar-refractivity contribution in [3.8, 4) is 0 Å². The standard InChI is InChI=1S/C13H24N2O4/c1-9-5-6-15(10(7-9)11(16)17)12(18)14(4)8-13(2,3)19/h9-10,19H,5-8H2,1-4H3,(H,16,17). The third kappa shape index (κ3) is 4.38. The summed E-state index contributed by atoms with van der Waals surface area (Å²) >= 11 is 0. The van der Waals surface area contributed by atoms with Crippen molar-refractivity contribution in [1.29, 1.82) is 0 Å². The number of piperidine rings is 1. The van der Waals surface area contributed by atoms with Crippen molar-refractivity contribution < 1.29 is 19.8 Å². The van der Waals surface area contributed by atoms with Gasteiger partial charge in [0.25, 0.3) is 0 Å². The summed E-state index contributed by atoms with van der Waals surface area (Å²) < 4.78 is 0. The lowest BCUT2D eigenvalue weighted by Gasteiger charge is -2.39. The van der Waals surface area contributed by atoms with Gasteiger partial charge in [-0.1, -0.05) is 6.92 Å². The van der Waals surface area contributed by atoms with Gasteiger partial charge in [0.15, 0.2) is 0 Å². The molecule has 1 aliphatic heterocycles. The summed E-state index contributed by atoms with van der Waals surface area (Å²) in [4.78, 5) is 26.3. The van der Waals surface area contributed by atoms with Crippen molar-refractivity contribution in [1.82, 2.24) is 9.80 Å². The highest BCUT2D eigenvalue weighted by molar-refractivity contribution is 5.82. The smallest absolute Gasteiger partial charge is 0.326 e. The summed E-state index contributed by atoms with van der Waals surface area (Å²) in [6, 6.07) is -1.10. The lowest BCUT2D eigenvalue weighted by Crippen LogP contribution is -2.55. The van der Waals surface area contributed by atoms with Crippen molar-refractivity contribution in [2.45, 2.75) is 45.3 Å². The van der Waals surface area contributed by atoms with E-state index in [1.165, 1.54) is 9.80 Å². The van der Waals surface area contributed by atoms with Crippen LogP contribution in [0.3, 0.4) is 0 Å². The molecular weight excluding hydrogens is 248 g/mol. The summed E-state index contributed by atoms with van der Waals surface area (Å²) in [6.45, 7) is 5.85. The van der Waals surface area contributed by atoms with Crippen LogP contribution >= 0.6 is 0 Å². The number of carbonyl (C=O) groups excluding carboxylic acids is 1. The molecule has 0 aromatic rings. The number of carboxylic acid groups (broad SMARTS) is 1. The van der Waals surface area contributed by atoms with Crippen molar-refractivity contribution in [3.63, 3.8) is 0 Å². The minimum absolute atomic E-state index is 0.171. The number of likely N-dealkylation sites (tertiary alicyclic amines) is 1. The van der Waals surface area contributed by atoms with E-state index < -0.39 is 17.6 Å². The van der Waals surface area contributed by atoms with E-state index in [0.29, 0.717) is 18.9 Å². The number of likely N-dealkylation sites (N-methyl/N-ethyl adjacent to an activating group) is 1. The molecule has 2 atom stereocenters. The average Bonchev–Trinajstić information content (AvgIpc) is 2.25. The maximum absolute atomic E-state index is 12.3. The Bertz CT molecular complexity index is 351. The topological polar surface area (TPSA) is 81.1 Å².